The number of benzene rings is 2. The maximum atomic E-state index is 12.0. The Bertz CT molecular complexity index is 779. The fourth-order valence-corrected chi connectivity index (χ4v) is 2.89. The van der Waals surface area contributed by atoms with E-state index in [-0.39, 0.29) is 18.9 Å². The van der Waals surface area contributed by atoms with Crippen LogP contribution < -0.4 is 14.8 Å². The average molecular weight is 436 g/mol. The van der Waals surface area contributed by atoms with Crippen LogP contribution in [0.4, 0.5) is 0 Å². The van der Waals surface area contributed by atoms with Crippen LogP contribution in [0.3, 0.4) is 0 Å². The highest BCUT2D eigenvalue weighted by Gasteiger charge is 2.14. The van der Waals surface area contributed by atoms with Crippen molar-refractivity contribution in [3.63, 3.8) is 0 Å². The van der Waals surface area contributed by atoms with Gasteiger partial charge in [0.2, 0.25) is 0 Å². The first-order valence-electron chi connectivity index (χ1n) is 8.40. The number of esters is 1. The third kappa shape index (κ3) is 6.60. The maximum absolute atomic E-state index is 12.0. The first-order valence-corrected chi connectivity index (χ1v) is 9.19. The molecule has 2 rings (SSSR count). The lowest BCUT2D eigenvalue weighted by molar-refractivity contribution is -0.147. The van der Waals surface area contributed by atoms with Crippen molar-refractivity contribution in [3.05, 3.63) is 58.1 Å². The number of methoxy groups -OCH3 is 2. The van der Waals surface area contributed by atoms with E-state index in [1.807, 2.05) is 30.3 Å². The molecule has 0 atom stereocenters. The Kier molecular flexibility index (Phi) is 8.13. The number of rotatable bonds is 9. The summed E-state index contributed by atoms with van der Waals surface area (Å²) < 4.78 is 16.2. The van der Waals surface area contributed by atoms with Crippen molar-refractivity contribution < 1.29 is 23.8 Å². The first kappa shape index (κ1) is 20.8. The van der Waals surface area contributed by atoms with Crippen LogP contribution in [-0.4, -0.2) is 39.2 Å². The number of halogens is 1. The van der Waals surface area contributed by atoms with E-state index >= 15 is 0 Å². The van der Waals surface area contributed by atoms with Gasteiger partial charge in [0.25, 0.3) is 5.91 Å². The second-order valence-corrected chi connectivity index (χ2v) is 6.58. The average Bonchev–Trinajstić information content (AvgIpc) is 2.68. The molecule has 0 spiro atoms. The van der Waals surface area contributed by atoms with Crippen molar-refractivity contribution in [2.24, 2.45) is 0 Å². The number of amides is 1. The molecule has 7 heteroatoms. The smallest absolute Gasteiger partial charge is 0.310 e. The first-order chi connectivity index (χ1) is 13.0. The summed E-state index contributed by atoms with van der Waals surface area (Å²) in [6.45, 7) is 0.181. The maximum Gasteiger partial charge on any atom is 0.310 e. The van der Waals surface area contributed by atoms with E-state index in [0.717, 1.165) is 12.0 Å². The Hall–Kier alpha value is -2.54. The van der Waals surface area contributed by atoms with Crippen molar-refractivity contribution in [2.75, 3.05) is 27.4 Å². The molecule has 2 aromatic carbocycles. The molecule has 0 fully saturated rings. The molecule has 0 heterocycles. The van der Waals surface area contributed by atoms with Crippen molar-refractivity contribution >= 4 is 27.8 Å². The quantitative estimate of drug-likeness (QED) is 0.612. The van der Waals surface area contributed by atoms with E-state index in [4.69, 9.17) is 14.2 Å². The third-order valence-electron chi connectivity index (χ3n) is 3.83. The van der Waals surface area contributed by atoms with Gasteiger partial charge in [0, 0.05) is 11.0 Å². The van der Waals surface area contributed by atoms with Crippen LogP contribution in [-0.2, 0) is 27.2 Å². The van der Waals surface area contributed by atoms with Gasteiger partial charge in [-0.1, -0.05) is 46.3 Å². The predicted octanol–water partition coefficient (Wildman–Crippen LogP) is 2.91. The van der Waals surface area contributed by atoms with Crippen LogP contribution in [0.2, 0.25) is 0 Å². The van der Waals surface area contributed by atoms with E-state index in [1.54, 1.807) is 12.1 Å². The van der Waals surface area contributed by atoms with Gasteiger partial charge >= 0.3 is 5.97 Å². The van der Waals surface area contributed by atoms with Gasteiger partial charge in [-0.25, -0.2) is 0 Å². The number of hydrogen-bond donors (Lipinski definition) is 1. The fourth-order valence-electron chi connectivity index (χ4n) is 2.43. The summed E-state index contributed by atoms with van der Waals surface area (Å²) >= 11 is 3.39. The monoisotopic (exact) mass is 435 g/mol. The second-order valence-electron chi connectivity index (χ2n) is 5.72. The molecule has 6 nitrogen and oxygen atoms in total. The number of carbonyl (C=O) groups excluding carboxylic acids is 2. The summed E-state index contributed by atoms with van der Waals surface area (Å²) in [5.74, 6) is 0.244. The van der Waals surface area contributed by atoms with Gasteiger partial charge in [-0.2, -0.15) is 0 Å². The van der Waals surface area contributed by atoms with Gasteiger partial charge in [-0.15, -0.1) is 0 Å². The highest BCUT2D eigenvalue weighted by Crippen LogP contribution is 2.33. The second kappa shape index (κ2) is 10.6. The Morgan fingerprint density at radius 3 is 2.37 bits per heavy atom. The molecule has 2 aromatic rings. The van der Waals surface area contributed by atoms with Crippen molar-refractivity contribution in [1.29, 1.82) is 0 Å². The molecule has 0 aliphatic rings. The van der Waals surface area contributed by atoms with E-state index in [2.05, 4.69) is 21.2 Å². The molecule has 1 N–H and O–H groups in total. The van der Waals surface area contributed by atoms with Gasteiger partial charge in [-0.05, 0) is 29.7 Å². The lowest BCUT2D eigenvalue weighted by Crippen LogP contribution is -2.30. The highest BCUT2D eigenvalue weighted by molar-refractivity contribution is 9.10. The standard InChI is InChI=1S/C20H22BrNO5/c1-25-17-10-15(16(21)12-18(17)26-2)11-20(24)27-13-19(23)22-9-8-14-6-4-3-5-7-14/h3-7,10,12H,8-9,11,13H2,1-2H3,(H,22,23). The minimum Gasteiger partial charge on any atom is -0.493 e. The van der Waals surface area contributed by atoms with Gasteiger partial charge in [0.1, 0.15) is 0 Å². The third-order valence-corrected chi connectivity index (χ3v) is 4.57. The predicted molar refractivity (Wildman–Crippen MR) is 105 cm³/mol. The summed E-state index contributed by atoms with van der Waals surface area (Å²) in [4.78, 5) is 23.8. The molecule has 0 aliphatic heterocycles. The van der Waals surface area contributed by atoms with E-state index < -0.39 is 5.97 Å². The Balaban J connectivity index is 1.78. The van der Waals surface area contributed by atoms with Crippen molar-refractivity contribution in [1.82, 2.24) is 5.32 Å². The lowest BCUT2D eigenvalue weighted by Gasteiger charge is -2.12. The van der Waals surface area contributed by atoms with E-state index in [1.165, 1.54) is 14.2 Å². The Labute approximate surface area is 166 Å². The molecular formula is C20H22BrNO5. The molecular weight excluding hydrogens is 414 g/mol. The Morgan fingerprint density at radius 1 is 1.04 bits per heavy atom. The molecule has 0 saturated heterocycles. The van der Waals surface area contributed by atoms with Gasteiger partial charge in [0.15, 0.2) is 18.1 Å². The lowest BCUT2D eigenvalue weighted by atomic mass is 10.1. The van der Waals surface area contributed by atoms with Gasteiger partial charge in [0.05, 0.1) is 20.6 Å². The highest BCUT2D eigenvalue weighted by atomic mass is 79.9. The summed E-state index contributed by atoms with van der Waals surface area (Å²) in [5, 5.41) is 2.73. The van der Waals surface area contributed by atoms with Crippen LogP contribution in [0.1, 0.15) is 11.1 Å². The topological polar surface area (TPSA) is 73.9 Å². The Morgan fingerprint density at radius 2 is 1.70 bits per heavy atom. The summed E-state index contributed by atoms with van der Waals surface area (Å²) in [7, 11) is 3.06. The van der Waals surface area contributed by atoms with Crippen LogP contribution in [0.15, 0.2) is 46.9 Å². The SMILES string of the molecule is COc1cc(Br)c(CC(=O)OCC(=O)NCCc2ccccc2)cc1OC. The van der Waals surface area contributed by atoms with Crippen LogP contribution in [0.25, 0.3) is 0 Å². The number of carbonyl (C=O) groups is 2. The molecule has 27 heavy (non-hydrogen) atoms. The molecule has 0 bridgehead atoms. The minimum atomic E-state index is -0.499. The van der Waals surface area contributed by atoms with Crippen LogP contribution in [0, 0.1) is 0 Å². The van der Waals surface area contributed by atoms with Crippen molar-refractivity contribution in [3.8, 4) is 11.5 Å². The zero-order valence-electron chi connectivity index (χ0n) is 15.3. The largest absolute Gasteiger partial charge is 0.493 e. The zero-order valence-corrected chi connectivity index (χ0v) is 16.9. The van der Waals surface area contributed by atoms with Crippen molar-refractivity contribution in [2.45, 2.75) is 12.8 Å². The summed E-state index contributed by atoms with van der Waals surface area (Å²) in [6.07, 6.45) is 0.733. The number of hydrogen-bond acceptors (Lipinski definition) is 5. The van der Waals surface area contributed by atoms with E-state index in [0.29, 0.717) is 28.1 Å². The molecule has 0 radical (unpaired) electrons. The van der Waals surface area contributed by atoms with Crippen LogP contribution in [0.5, 0.6) is 11.5 Å². The van der Waals surface area contributed by atoms with Gasteiger partial charge in [-0.3, -0.25) is 9.59 Å². The normalized spacial score (nSPS) is 10.2. The zero-order chi connectivity index (χ0) is 19.6. The molecule has 1 amide bonds. The van der Waals surface area contributed by atoms with E-state index in [9.17, 15) is 9.59 Å². The number of ether oxygens (including phenoxy) is 3. The number of nitrogens with one attached hydrogen (secondary N) is 1. The summed E-state index contributed by atoms with van der Waals surface area (Å²) in [6, 6.07) is 13.2. The van der Waals surface area contributed by atoms with Gasteiger partial charge < -0.3 is 19.5 Å². The summed E-state index contributed by atoms with van der Waals surface area (Å²) in [5.41, 5.74) is 1.82. The fraction of sp³-hybridized carbons (Fsp3) is 0.300. The molecule has 144 valence electrons. The molecule has 0 aliphatic carbocycles. The molecule has 0 aromatic heterocycles. The van der Waals surface area contributed by atoms with Crippen LogP contribution >= 0.6 is 15.9 Å². The molecule has 0 unspecified atom stereocenters. The molecule has 0 saturated carbocycles. The minimum absolute atomic E-state index is 0.0121.